The van der Waals surface area contributed by atoms with Crippen molar-refractivity contribution in [2.45, 2.75) is 147 Å². The van der Waals surface area contributed by atoms with E-state index >= 15 is 0 Å². The number of nitrogens with zero attached hydrogens (tertiary/aromatic N) is 1. The fourth-order valence-electron chi connectivity index (χ4n) is 4.96. The number of quaternary nitrogens is 1. The highest BCUT2D eigenvalue weighted by atomic mass is 31.2. The molecule has 0 aromatic rings. The number of carbonyl (C=O) groups is 2. The van der Waals surface area contributed by atoms with Crippen molar-refractivity contribution in [3.63, 3.8) is 0 Å². The van der Waals surface area contributed by atoms with Gasteiger partial charge in [0.2, 0.25) is 0 Å². The van der Waals surface area contributed by atoms with Crippen molar-refractivity contribution in [1.29, 1.82) is 0 Å². The first-order chi connectivity index (χ1) is 26.2. The van der Waals surface area contributed by atoms with Gasteiger partial charge in [0.15, 0.2) is 6.10 Å². The molecule has 0 saturated heterocycles. The molecule has 1 unspecified atom stereocenters. The number of rotatable bonds is 35. The average Bonchev–Trinajstić information content (AvgIpc) is 3.12. The SMILES string of the molecule is CCCC/C=C\CCCCCCCC(=O)OC[C@H](COP(=O)([O-])OCC[N+](C)(C)C)OC(=O)CCC[C@H](O)[C@@H](O)/C=C/C=C/C=C\C=C\[C@@H](O)CCCCC. The predicted octanol–water partition coefficient (Wildman–Crippen LogP) is 7.18. The Morgan fingerprint density at radius 1 is 0.691 bits per heavy atom. The zero-order chi connectivity index (χ0) is 41.2. The highest BCUT2D eigenvalue weighted by Gasteiger charge is 2.22. The summed E-state index contributed by atoms with van der Waals surface area (Å²) < 4.78 is 33.5. The third-order valence-corrected chi connectivity index (χ3v) is 9.34. The van der Waals surface area contributed by atoms with E-state index in [4.69, 9.17) is 18.5 Å². The molecule has 0 heterocycles. The van der Waals surface area contributed by atoms with E-state index in [-0.39, 0.29) is 38.9 Å². The van der Waals surface area contributed by atoms with Gasteiger partial charge in [0.25, 0.3) is 7.82 Å². The third-order valence-electron chi connectivity index (χ3n) is 8.38. The maximum absolute atomic E-state index is 12.7. The number of hydrogen-bond acceptors (Lipinski definition) is 11. The summed E-state index contributed by atoms with van der Waals surface area (Å²) in [5.74, 6) is -1.18. The molecule has 0 saturated carbocycles. The summed E-state index contributed by atoms with van der Waals surface area (Å²) in [5, 5.41) is 30.5. The van der Waals surface area contributed by atoms with Gasteiger partial charge >= 0.3 is 11.9 Å². The second-order valence-corrected chi connectivity index (χ2v) is 16.3. The second-order valence-electron chi connectivity index (χ2n) is 14.9. The molecule has 0 fully saturated rings. The number of aliphatic hydroxyl groups excluding tert-OH is 3. The minimum Gasteiger partial charge on any atom is -0.756 e. The number of phosphoric acid groups is 1. The van der Waals surface area contributed by atoms with Crippen LogP contribution in [0.2, 0.25) is 0 Å². The highest BCUT2D eigenvalue weighted by molar-refractivity contribution is 7.45. The maximum atomic E-state index is 12.7. The average molecular weight is 800 g/mol. The fraction of sp³-hybridized carbons (Fsp3) is 0.714. The molecule has 0 spiro atoms. The minimum atomic E-state index is -4.72. The number of aliphatic hydroxyl groups is 3. The molecule has 0 aromatic heterocycles. The lowest BCUT2D eigenvalue weighted by Crippen LogP contribution is -2.37. The molecule has 12 nitrogen and oxygen atoms in total. The van der Waals surface area contributed by atoms with E-state index in [1.165, 1.54) is 18.9 Å². The van der Waals surface area contributed by atoms with Crippen LogP contribution in [0, 0.1) is 0 Å². The van der Waals surface area contributed by atoms with Crippen LogP contribution in [-0.2, 0) is 32.7 Å². The Bertz CT molecular complexity index is 1180. The Morgan fingerprint density at radius 3 is 1.96 bits per heavy atom. The zero-order valence-corrected chi connectivity index (χ0v) is 35.3. The monoisotopic (exact) mass is 799 g/mol. The molecule has 5 atom stereocenters. The van der Waals surface area contributed by atoms with Gasteiger partial charge in [0.05, 0.1) is 46.1 Å². The number of unbranched alkanes of at least 4 members (excludes halogenated alkanes) is 9. The van der Waals surface area contributed by atoms with Crippen molar-refractivity contribution >= 4 is 19.8 Å². The molecule has 0 amide bonds. The molecule has 13 heteroatoms. The first-order valence-electron chi connectivity index (χ1n) is 20.3. The maximum Gasteiger partial charge on any atom is 0.306 e. The summed E-state index contributed by atoms with van der Waals surface area (Å²) in [7, 11) is 0.933. The highest BCUT2D eigenvalue weighted by Crippen LogP contribution is 2.38. The van der Waals surface area contributed by atoms with Crippen molar-refractivity contribution in [2.24, 2.45) is 0 Å². The van der Waals surface area contributed by atoms with Crippen LogP contribution in [-0.4, -0.2) is 104 Å². The van der Waals surface area contributed by atoms with Crippen LogP contribution in [0.3, 0.4) is 0 Å². The number of likely N-dealkylation sites (N-methyl/N-ethyl adjacent to an activating group) is 1. The number of esters is 2. The summed E-state index contributed by atoms with van der Waals surface area (Å²) in [6, 6.07) is 0. The van der Waals surface area contributed by atoms with E-state index in [0.29, 0.717) is 17.4 Å². The van der Waals surface area contributed by atoms with Gasteiger partial charge < -0.3 is 43.2 Å². The fourth-order valence-corrected chi connectivity index (χ4v) is 5.69. The summed E-state index contributed by atoms with van der Waals surface area (Å²) in [6.07, 6.45) is 27.7. The van der Waals surface area contributed by atoms with Gasteiger partial charge in [-0.2, -0.15) is 0 Å². The number of ether oxygens (including phenoxy) is 2. The van der Waals surface area contributed by atoms with E-state index in [1.807, 2.05) is 21.1 Å². The Balaban J connectivity index is 4.79. The smallest absolute Gasteiger partial charge is 0.306 e. The summed E-state index contributed by atoms with van der Waals surface area (Å²) in [6.45, 7) is 3.63. The Hall–Kier alpha value is -2.41. The molecule has 0 bridgehead atoms. The van der Waals surface area contributed by atoms with Gasteiger partial charge in [0, 0.05) is 12.8 Å². The zero-order valence-electron chi connectivity index (χ0n) is 34.4. The molecule has 0 aliphatic rings. The molecule has 0 aromatic carbocycles. The Morgan fingerprint density at radius 2 is 1.29 bits per heavy atom. The Kier molecular flexibility index (Phi) is 32.2. The van der Waals surface area contributed by atoms with E-state index in [1.54, 1.807) is 42.5 Å². The van der Waals surface area contributed by atoms with Crippen molar-refractivity contribution in [2.75, 3.05) is 47.5 Å². The summed E-state index contributed by atoms with van der Waals surface area (Å²) in [5.41, 5.74) is 0. The van der Waals surface area contributed by atoms with Gasteiger partial charge in [-0.1, -0.05) is 126 Å². The third kappa shape index (κ3) is 35.7. The molecular weight excluding hydrogens is 725 g/mol. The lowest BCUT2D eigenvalue weighted by Gasteiger charge is -2.28. The molecule has 318 valence electrons. The van der Waals surface area contributed by atoms with Gasteiger partial charge in [-0.05, 0) is 44.9 Å². The first-order valence-corrected chi connectivity index (χ1v) is 21.8. The van der Waals surface area contributed by atoms with Crippen molar-refractivity contribution < 1.29 is 57.4 Å². The van der Waals surface area contributed by atoms with Crippen molar-refractivity contribution in [3.8, 4) is 0 Å². The molecule has 55 heavy (non-hydrogen) atoms. The first kappa shape index (κ1) is 52.6. The van der Waals surface area contributed by atoms with Crippen LogP contribution in [0.5, 0.6) is 0 Å². The topological polar surface area (TPSA) is 172 Å². The summed E-state index contributed by atoms with van der Waals surface area (Å²) in [4.78, 5) is 37.4. The molecule has 0 rings (SSSR count). The van der Waals surface area contributed by atoms with E-state index in [2.05, 4.69) is 26.0 Å². The second kappa shape index (κ2) is 33.7. The van der Waals surface area contributed by atoms with Crippen molar-refractivity contribution in [3.05, 3.63) is 60.8 Å². The number of hydrogen-bond donors (Lipinski definition) is 3. The molecule has 0 aliphatic heterocycles. The normalized spacial score (nSPS) is 16.0. The number of carbonyl (C=O) groups excluding carboxylic acids is 2. The van der Waals surface area contributed by atoms with E-state index in [9.17, 15) is 34.4 Å². The van der Waals surface area contributed by atoms with E-state index < -0.39 is 50.8 Å². The van der Waals surface area contributed by atoms with Crippen LogP contribution in [0.4, 0.5) is 0 Å². The van der Waals surface area contributed by atoms with Crippen LogP contribution in [0.1, 0.15) is 123 Å². The lowest BCUT2D eigenvalue weighted by molar-refractivity contribution is -0.870. The van der Waals surface area contributed by atoms with Gasteiger partial charge in [-0.15, -0.1) is 0 Å². The summed E-state index contributed by atoms with van der Waals surface area (Å²) >= 11 is 0. The van der Waals surface area contributed by atoms with Crippen LogP contribution >= 0.6 is 7.82 Å². The van der Waals surface area contributed by atoms with Crippen molar-refractivity contribution in [1.82, 2.24) is 0 Å². The van der Waals surface area contributed by atoms with Crippen LogP contribution in [0.25, 0.3) is 0 Å². The lowest BCUT2D eigenvalue weighted by atomic mass is 10.1. The quantitative estimate of drug-likeness (QED) is 0.0148. The molecule has 0 radical (unpaired) electrons. The predicted molar refractivity (Wildman–Crippen MR) is 217 cm³/mol. The van der Waals surface area contributed by atoms with Gasteiger partial charge in [-0.25, -0.2) is 0 Å². The molecule has 0 aliphatic carbocycles. The minimum absolute atomic E-state index is 0.0945. The van der Waals surface area contributed by atoms with Crippen LogP contribution in [0.15, 0.2) is 60.8 Å². The number of phosphoric ester groups is 1. The van der Waals surface area contributed by atoms with Crippen LogP contribution < -0.4 is 4.89 Å². The van der Waals surface area contributed by atoms with E-state index in [0.717, 1.165) is 64.2 Å². The molecular formula is C42H74NO11P. The standard InChI is InChI=1S/C42H74NO11P/c1-6-8-10-11-12-13-14-15-16-21-25-31-41(47)51-35-38(36-53-55(49,50)52-34-33-43(3,4)5)54-42(48)32-26-30-40(46)39(45)29-24-20-18-17-19-23-28-37(44)27-22-9-7-2/h11-12,17-20,23-24,28-29,37-40,44-46H,6-10,13-16,21-22,25-27,30-36H2,1-5H3/b12-11-,19-17-,20-18+,28-23+,29-24+/t37-,38+,39-,40-/m0/s1. The Labute approximate surface area is 332 Å². The largest absolute Gasteiger partial charge is 0.756 e. The number of allylic oxidation sites excluding steroid dienone is 8. The molecule has 3 N–H and O–H groups in total. The van der Waals surface area contributed by atoms with Gasteiger partial charge in [-0.3, -0.25) is 14.2 Å². The van der Waals surface area contributed by atoms with Gasteiger partial charge in [0.1, 0.15) is 19.8 Å².